The van der Waals surface area contributed by atoms with Crippen LogP contribution in [0.2, 0.25) is 0 Å². The molecule has 23 nitrogen and oxygen atoms in total. The first-order valence-corrected chi connectivity index (χ1v) is 35.6. The lowest BCUT2D eigenvalue weighted by atomic mass is 9.79. The van der Waals surface area contributed by atoms with Crippen molar-refractivity contribution in [3.05, 3.63) is 103 Å². The van der Waals surface area contributed by atoms with Crippen molar-refractivity contribution >= 4 is 143 Å². The fourth-order valence-electron chi connectivity index (χ4n) is 13.8. The molecule has 6 fully saturated rings. The number of carbonyl (C=O) groups is 7. The van der Waals surface area contributed by atoms with Crippen LogP contribution in [0.5, 0.6) is 0 Å². The fraction of sp³-hybridized carbons (Fsp3) is 0.583. The SMILES string of the molecule is [B]Cc1cc(C[B])c(C[B])c(C(=O)OC2C3CC4C(OC(=O)C42)C3C(=O)OCCS(=O)(=O)[O-])c1.[B]Cc1cc(C[B])c(C[B])c(C(=O)OC2CC3CC(C(=O)OCCS(=O)(=O)[O-])C2C3)c1.[B]Cc1cc(C[B])c(C[B])c(C(=O)OC2CCCC(C(=O)OCCS(=O)(=O)[O-])C2)c1. The maximum Gasteiger partial charge on any atom is 0.338 e. The lowest BCUT2D eigenvalue weighted by Gasteiger charge is -2.30. The van der Waals surface area contributed by atoms with Crippen molar-refractivity contribution in [1.82, 2.24) is 0 Å². The molecule has 12 atom stereocenters. The second kappa shape index (κ2) is 33.7. The first-order chi connectivity index (χ1) is 44.9. The number of carbonyl (C=O) groups excluding carboxylic acids is 7. The zero-order valence-electron chi connectivity index (χ0n) is 52.0. The first kappa shape index (κ1) is 76.6. The molecule has 4 bridgehead atoms. The summed E-state index contributed by atoms with van der Waals surface area (Å²) in [5.74, 6) is -10.3. The molecule has 5 saturated carbocycles. The molecule has 1 saturated heterocycles. The topological polar surface area (TPSA) is 356 Å². The molecular formula is C60H64B9O23S3-3. The molecule has 18 radical (unpaired) electrons. The Morgan fingerprint density at radius 1 is 0.474 bits per heavy atom. The molecule has 3 aromatic carbocycles. The van der Waals surface area contributed by atoms with E-state index in [1.54, 1.807) is 24.3 Å². The Hall–Kier alpha value is -5.74. The summed E-state index contributed by atoms with van der Waals surface area (Å²) < 4.78 is 134. The van der Waals surface area contributed by atoms with E-state index in [1.807, 2.05) is 12.1 Å². The molecule has 12 unspecified atom stereocenters. The fourth-order valence-corrected chi connectivity index (χ4v) is 14.7. The van der Waals surface area contributed by atoms with Gasteiger partial charge in [0.25, 0.3) is 0 Å². The van der Waals surface area contributed by atoms with Crippen LogP contribution in [0.15, 0.2) is 36.4 Å². The smallest absolute Gasteiger partial charge is 0.338 e. The van der Waals surface area contributed by atoms with Crippen molar-refractivity contribution in [1.29, 1.82) is 0 Å². The van der Waals surface area contributed by atoms with E-state index in [4.69, 9.17) is 104 Å². The Morgan fingerprint density at radius 2 is 0.916 bits per heavy atom. The van der Waals surface area contributed by atoms with E-state index in [2.05, 4.69) is 0 Å². The van der Waals surface area contributed by atoms with Crippen LogP contribution in [0.3, 0.4) is 0 Å². The molecule has 0 aromatic heterocycles. The minimum Gasteiger partial charge on any atom is -0.748 e. The van der Waals surface area contributed by atoms with Gasteiger partial charge in [0.2, 0.25) is 0 Å². The molecule has 3 aromatic rings. The lowest BCUT2D eigenvalue weighted by Crippen LogP contribution is -2.43. The summed E-state index contributed by atoms with van der Waals surface area (Å²) in [6, 6.07) is 10.3. The minimum atomic E-state index is -4.56. The van der Waals surface area contributed by atoms with Gasteiger partial charge in [-0.25, -0.2) is 39.6 Å². The number of hydrogen-bond donors (Lipinski definition) is 0. The molecule has 95 heavy (non-hydrogen) atoms. The van der Waals surface area contributed by atoms with Crippen LogP contribution in [-0.2, 0) is 140 Å². The zero-order chi connectivity index (χ0) is 69.9. The van der Waals surface area contributed by atoms with Crippen LogP contribution in [0.1, 0.15) is 133 Å². The van der Waals surface area contributed by atoms with Gasteiger partial charge in [0.05, 0.1) is 147 Å². The molecule has 0 amide bonds. The first-order valence-electron chi connectivity index (χ1n) is 30.8. The summed E-state index contributed by atoms with van der Waals surface area (Å²) in [4.78, 5) is 88.7. The number of ether oxygens (including phenoxy) is 7. The normalized spacial score (nSPS) is 24.6. The Kier molecular flexibility index (Phi) is 27.2. The van der Waals surface area contributed by atoms with Crippen molar-refractivity contribution in [3.8, 4) is 0 Å². The second-order valence-electron chi connectivity index (χ2n) is 24.0. The Labute approximate surface area is 565 Å². The number of benzene rings is 3. The van der Waals surface area contributed by atoms with Gasteiger partial charge in [0.1, 0.15) is 56.1 Å². The van der Waals surface area contributed by atoms with Gasteiger partial charge in [-0.15, -0.1) is 0 Å². The summed E-state index contributed by atoms with van der Waals surface area (Å²) >= 11 is 0. The van der Waals surface area contributed by atoms with E-state index in [-0.39, 0.29) is 86.6 Å². The van der Waals surface area contributed by atoms with E-state index in [9.17, 15) is 72.5 Å². The molecule has 5 aliphatic carbocycles. The number of hydrogen-bond acceptors (Lipinski definition) is 23. The predicted octanol–water partition coefficient (Wildman–Crippen LogP) is -0.0385. The molecule has 0 N–H and O–H groups in total. The van der Waals surface area contributed by atoms with E-state index in [0.29, 0.717) is 77.5 Å². The number of rotatable bonds is 27. The summed E-state index contributed by atoms with van der Waals surface area (Å²) in [6.45, 7) is -1.57. The van der Waals surface area contributed by atoms with Crippen molar-refractivity contribution < 1.29 is 106 Å². The van der Waals surface area contributed by atoms with Crippen molar-refractivity contribution in [2.24, 2.45) is 47.3 Å². The highest BCUT2D eigenvalue weighted by atomic mass is 32.2. The average Bonchev–Trinajstić information content (AvgIpc) is 1.55. The zero-order valence-corrected chi connectivity index (χ0v) is 54.4. The predicted molar refractivity (Wildman–Crippen MR) is 343 cm³/mol. The molecule has 0 spiro atoms. The van der Waals surface area contributed by atoms with Crippen LogP contribution in [0.4, 0.5) is 0 Å². The molecular weight excluding hydrogens is 1280 g/mol. The second-order valence-corrected chi connectivity index (χ2v) is 28.6. The number of esters is 7. The van der Waals surface area contributed by atoms with Gasteiger partial charge in [-0.1, -0.05) is 108 Å². The monoisotopic (exact) mass is 1350 g/mol. The molecule has 6 aliphatic rings. The van der Waals surface area contributed by atoms with E-state index < -0.39 is 163 Å². The van der Waals surface area contributed by atoms with Crippen LogP contribution in [0.25, 0.3) is 0 Å². The van der Waals surface area contributed by atoms with Crippen molar-refractivity contribution in [2.75, 3.05) is 37.1 Å². The maximum absolute atomic E-state index is 13.2. The van der Waals surface area contributed by atoms with Crippen molar-refractivity contribution in [3.63, 3.8) is 0 Å². The molecule has 9 rings (SSSR count). The van der Waals surface area contributed by atoms with Gasteiger partial charge in [-0.05, 0) is 92.2 Å². The summed E-state index contributed by atoms with van der Waals surface area (Å²) in [5, 5.41) is 0. The number of fused-ring (bicyclic) bond motifs is 3. The van der Waals surface area contributed by atoms with Crippen molar-refractivity contribution in [2.45, 2.75) is 133 Å². The highest BCUT2D eigenvalue weighted by Gasteiger charge is 2.70. The summed E-state index contributed by atoms with van der Waals surface area (Å²) in [5.41, 5.74) is 6.81. The molecule has 1 aliphatic heterocycles. The van der Waals surface area contributed by atoms with Crippen LogP contribution >= 0.6 is 0 Å². The third-order valence-corrected chi connectivity index (χ3v) is 20.2. The molecule has 490 valence electrons. The van der Waals surface area contributed by atoms with Gasteiger partial charge in [-0.2, -0.15) is 0 Å². The maximum atomic E-state index is 13.2. The van der Waals surface area contributed by atoms with Gasteiger partial charge in [0, 0.05) is 17.8 Å². The molecule has 1 heterocycles. The van der Waals surface area contributed by atoms with Gasteiger partial charge in [-0.3, -0.25) is 19.2 Å². The van der Waals surface area contributed by atoms with Crippen LogP contribution in [0, 0.1) is 47.3 Å². The minimum absolute atomic E-state index is 0.0314. The van der Waals surface area contributed by atoms with Crippen LogP contribution in [-0.4, -0.2) is 213 Å². The van der Waals surface area contributed by atoms with E-state index >= 15 is 0 Å². The quantitative estimate of drug-likeness (QED) is 0.0418. The summed E-state index contributed by atoms with van der Waals surface area (Å²) in [7, 11) is 38.6. The van der Waals surface area contributed by atoms with Gasteiger partial charge < -0.3 is 46.8 Å². The summed E-state index contributed by atoms with van der Waals surface area (Å²) in [6.07, 6.45) is 3.20. The Morgan fingerprint density at radius 3 is 1.35 bits per heavy atom. The van der Waals surface area contributed by atoms with E-state index in [1.165, 1.54) is 0 Å². The Bertz CT molecular complexity index is 3690. The lowest BCUT2D eigenvalue weighted by molar-refractivity contribution is -0.157. The third kappa shape index (κ3) is 19.6. The standard InChI is InChI=1S/C21H21B3O9S.C20H23B3O7S.C19H23B3O7S/c22-6-9-3-10(7-23)14(8-24)11(4-9)19(25)32-18-12-5-13-16(18)21(27)33-17(13)15(12)20(26)31-1-2-34(28,29)30;21-8-12-3-13(9-22)17(10-23)16(6-12)20(25)30-18-7-11-4-14(18)15(5-11)19(24)29-1-2-31(26,27)28;20-9-12-6-14(10-21)17(11-22)16(7-12)19(24)29-15-3-1-2-13(8-15)18(23)28-4-5-30(25,26)27/h3-4,12-13,15-18H,1-2,5-8H2,(H,28,29,30);3,6,11,14-15,18H,1-2,4-5,7-10H2,(H,26,27,28);6-7,13,15H,1-5,8-11H2,(H,25,26,27)/p-3. The van der Waals surface area contributed by atoms with E-state index in [0.717, 1.165) is 28.7 Å². The van der Waals surface area contributed by atoms with Crippen LogP contribution < -0.4 is 0 Å². The Balaban J connectivity index is 0.000000202. The highest BCUT2D eigenvalue weighted by molar-refractivity contribution is 7.86. The molecule has 35 heteroatoms. The largest absolute Gasteiger partial charge is 0.748 e. The van der Waals surface area contributed by atoms with Gasteiger partial charge >= 0.3 is 41.8 Å². The van der Waals surface area contributed by atoms with Gasteiger partial charge in [0.15, 0.2) is 0 Å². The third-order valence-electron chi connectivity index (χ3n) is 18.2. The average molecular weight is 1350 g/mol. The highest BCUT2D eigenvalue weighted by Crippen LogP contribution is 2.59.